The van der Waals surface area contributed by atoms with Gasteiger partial charge in [0.2, 0.25) is 0 Å². The van der Waals surface area contributed by atoms with Gasteiger partial charge in [0, 0.05) is 48.7 Å². The first-order chi connectivity index (χ1) is 14.2. The van der Waals surface area contributed by atoms with Crippen molar-refractivity contribution in [3.8, 4) is 0 Å². The molecule has 0 atom stereocenters. The number of ether oxygens (including phenoxy) is 1. The van der Waals surface area contributed by atoms with Gasteiger partial charge in [-0.25, -0.2) is 0 Å². The van der Waals surface area contributed by atoms with Crippen LogP contribution in [-0.2, 0) is 11.8 Å². The lowest BCUT2D eigenvalue weighted by atomic mass is 9.95. The molecule has 2 aromatic heterocycles. The molecule has 5 rings (SSSR count). The molecular weight excluding hydrogens is 366 g/mol. The van der Waals surface area contributed by atoms with E-state index in [1.165, 1.54) is 6.42 Å². The van der Waals surface area contributed by atoms with Crippen LogP contribution in [0.3, 0.4) is 0 Å². The third kappa shape index (κ3) is 2.97. The number of carbonyl (C=O) groups is 1. The zero-order valence-electron chi connectivity index (χ0n) is 16.9. The van der Waals surface area contributed by atoms with Crippen molar-refractivity contribution in [2.24, 2.45) is 7.05 Å². The van der Waals surface area contributed by atoms with Crippen LogP contribution in [0.1, 0.15) is 48.5 Å². The van der Waals surface area contributed by atoms with Crippen molar-refractivity contribution in [2.45, 2.75) is 38.1 Å². The average molecular weight is 393 g/mol. The van der Waals surface area contributed by atoms with Crippen molar-refractivity contribution < 1.29 is 9.53 Å². The standard InChI is InChI=1S/C23H27N3O3/c1-24-19-10-6-5-9-17(19)20-18(22(27)25-11-13-29-14-12-25)15-26(23(28)21(20)24)16-7-3-2-4-8-16/h5-6,9-10,15-16H,2-4,7-8,11-14H2,1H3. The molecule has 1 saturated heterocycles. The van der Waals surface area contributed by atoms with E-state index >= 15 is 0 Å². The molecule has 0 unspecified atom stereocenters. The minimum Gasteiger partial charge on any atom is -0.378 e. The summed E-state index contributed by atoms with van der Waals surface area (Å²) in [6, 6.07) is 8.15. The molecule has 1 saturated carbocycles. The van der Waals surface area contributed by atoms with Gasteiger partial charge in [-0.1, -0.05) is 37.5 Å². The van der Waals surface area contributed by atoms with Crippen LogP contribution in [0, 0.1) is 0 Å². The summed E-state index contributed by atoms with van der Waals surface area (Å²) in [7, 11) is 1.93. The van der Waals surface area contributed by atoms with E-state index in [0.29, 0.717) is 37.4 Å². The summed E-state index contributed by atoms with van der Waals surface area (Å²) in [6.45, 7) is 2.31. The van der Waals surface area contributed by atoms with Crippen LogP contribution < -0.4 is 5.56 Å². The molecule has 29 heavy (non-hydrogen) atoms. The molecule has 3 aromatic rings. The predicted octanol–water partition coefficient (Wildman–Crippen LogP) is 3.47. The zero-order valence-corrected chi connectivity index (χ0v) is 16.9. The Hall–Kier alpha value is -2.60. The van der Waals surface area contributed by atoms with Crippen molar-refractivity contribution >= 4 is 27.7 Å². The second-order valence-electron chi connectivity index (χ2n) is 8.25. The molecule has 0 N–H and O–H groups in total. The van der Waals surface area contributed by atoms with E-state index in [2.05, 4.69) is 0 Å². The predicted molar refractivity (Wildman–Crippen MR) is 114 cm³/mol. The summed E-state index contributed by atoms with van der Waals surface area (Å²) < 4.78 is 9.25. The number of morpholine rings is 1. The fourth-order valence-electron chi connectivity index (χ4n) is 5.03. The smallest absolute Gasteiger partial charge is 0.275 e. The molecule has 1 aliphatic carbocycles. The highest BCUT2D eigenvalue weighted by Gasteiger charge is 2.27. The monoisotopic (exact) mass is 393 g/mol. The van der Waals surface area contributed by atoms with Crippen LogP contribution in [0.15, 0.2) is 35.3 Å². The minimum atomic E-state index is -0.000729. The number of amides is 1. The highest BCUT2D eigenvalue weighted by Crippen LogP contribution is 2.33. The van der Waals surface area contributed by atoms with Crippen LogP contribution in [0.5, 0.6) is 0 Å². The maximum Gasteiger partial charge on any atom is 0.275 e. The van der Waals surface area contributed by atoms with Crippen LogP contribution in [0.25, 0.3) is 21.8 Å². The van der Waals surface area contributed by atoms with E-state index in [-0.39, 0.29) is 17.5 Å². The third-order valence-electron chi connectivity index (χ3n) is 6.58. The Bertz CT molecular complexity index is 1130. The number of carbonyl (C=O) groups excluding carboxylic acids is 1. The van der Waals surface area contributed by atoms with Gasteiger partial charge in [0.25, 0.3) is 11.5 Å². The van der Waals surface area contributed by atoms with Crippen molar-refractivity contribution in [3.05, 3.63) is 46.4 Å². The molecule has 1 aromatic carbocycles. The summed E-state index contributed by atoms with van der Waals surface area (Å²) in [5.41, 5.74) is 2.28. The lowest BCUT2D eigenvalue weighted by Crippen LogP contribution is -2.41. The number of para-hydroxylation sites is 1. The summed E-state index contributed by atoms with van der Waals surface area (Å²) in [4.78, 5) is 29.0. The van der Waals surface area contributed by atoms with E-state index in [1.54, 1.807) is 0 Å². The molecular formula is C23H27N3O3. The number of benzene rings is 1. The first-order valence-electron chi connectivity index (χ1n) is 10.7. The molecule has 0 radical (unpaired) electrons. The van der Waals surface area contributed by atoms with Crippen molar-refractivity contribution in [3.63, 3.8) is 0 Å². The average Bonchev–Trinajstić information content (AvgIpc) is 3.08. The third-order valence-corrected chi connectivity index (χ3v) is 6.58. The fraction of sp³-hybridized carbons (Fsp3) is 0.478. The van der Waals surface area contributed by atoms with E-state index in [9.17, 15) is 9.59 Å². The number of hydrogen-bond donors (Lipinski definition) is 0. The van der Waals surface area contributed by atoms with Gasteiger partial charge in [-0.3, -0.25) is 9.59 Å². The quantitative estimate of drug-likeness (QED) is 0.670. The van der Waals surface area contributed by atoms with Crippen molar-refractivity contribution in [1.29, 1.82) is 0 Å². The van der Waals surface area contributed by atoms with Crippen molar-refractivity contribution in [2.75, 3.05) is 26.3 Å². The Balaban J connectivity index is 1.79. The van der Waals surface area contributed by atoms with Crippen LogP contribution in [-0.4, -0.2) is 46.2 Å². The number of fused-ring (bicyclic) bond motifs is 3. The second kappa shape index (κ2) is 7.34. The number of aryl methyl sites for hydroxylation is 1. The summed E-state index contributed by atoms with van der Waals surface area (Å²) in [6.07, 6.45) is 7.35. The highest BCUT2D eigenvalue weighted by atomic mass is 16.5. The molecule has 0 bridgehead atoms. The van der Waals surface area contributed by atoms with E-state index in [0.717, 1.165) is 42.0 Å². The topological polar surface area (TPSA) is 56.5 Å². The Labute approximate surface area is 169 Å². The maximum atomic E-state index is 13.6. The summed E-state index contributed by atoms with van der Waals surface area (Å²) in [5.74, 6) is -0.000729. The van der Waals surface area contributed by atoms with Gasteiger partial charge in [-0.05, 0) is 18.9 Å². The fourth-order valence-corrected chi connectivity index (χ4v) is 5.03. The van der Waals surface area contributed by atoms with Gasteiger partial charge in [0.05, 0.1) is 18.8 Å². The second-order valence-corrected chi connectivity index (χ2v) is 8.25. The Morgan fingerprint density at radius 2 is 1.79 bits per heavy atom. The van der Waals surface area contributed by atoms with Crippen LogP contribution >= 0.6 is 0 Å². The normalized spacial score (nSPS) is 18.6. The Morgan fingerprint density at radius 1 is 1.07 bits per heavy atom. The maximum absolute atomic E-state index is 13.6. The molecule has 2 aliphatic rings. The first-order valence-corrected chi connectivity index (χ1v) is 10.7. The molecule has 3 heterocycles. The summed E-state index contributed by atoms with van der Waals surface area (Å²) in [5, 5.41) is 1.76. The van der Waals surface area contributed by atoms with Gasteiger partial charge < -0.3 is 18.8 Å². The van der Waals surface area contributed by atoms with E-state index < -0.39 is 0 Å². The largest absolute Gasteiger partial charge is 0.378 e. The number of rotatable bonds is 2. The van der Waals surface area contributed by atoms with Gasteiger partial charge >= 0.3 is 0 Å². The van der Waals surface area contributed by atoms with Gasteiger partial charge in [-0.2, -0.15) is 0 Å². The molecule has 6 heteroatoms. The Kier molecular flexibility index (Phi) is 4.66. The van der Waals surface area contributed by atoms with Crippen LogP contribution in [0.4, 0.5) is 0 Å². The SMILES string of the molecule is Cn1c2ccccc2c2c(C(=O)N3CCOCC3)cn(C3CCCCC3)c(=O)c21. The number of hydrogen-bond acceptors (Lipinski definition) is 3. The van der Waals surface area contributed by atoms with Crippen molar-refractivity contribution in [1.82, 2.24) is 14.0 Å². The highest BCUT2D eigenvalue weighted by molar-refractivity contribution is 6.17. The lowest BCUT2D eigenvalue weighted by Gasteiger charge is -2.28. The van der Waals surface area contributed by atoms with Gasteiger partial charge in [-0.15, -0.1) is 0 Å². The van der Waals surface area contributed by atoms with E-state index in [4.69, 9.17) is 4.74 Å². The number of nitrogens with zero attached hydrogens (tertiary/aromatic N) is 3. The molecule has 152 valence electrons. The first kappa shape index (κ1) is 18.4. The summed E-state index contributed by atoms with van der Waals surface area (Å²) >= 11 is 0. The van der Waals surface area contributed by atoms with Gasteiger partial charge in [0.15, 0.2) is 0 Å². The minimum absolute atomic E-state index is 0.000729. The Morgan fingerprint density at radius 3 is 2.55 bits per heavy atom. The number of pyridine rings is 1. The molecule has 0 spiro atoms. The van der Waals surface area contributed by atoms with Crippen LogP contribution in [0.2, 0.25) is 0 Å². The van der Waals surface area contributed by atoms with E-state index in [1.807, 2.05) is 51.5 Å². The molecule has 6 nitrogen and oxygen atoms in total. The molecule has 1 aliphatic heterocycles. The zero-order chi connectivity index (χ0) is 20.0. The lowest BCUT2D eigenvalue weighted by molar-refractivity contribution is 0.0303. The molecule has 2 fully saturated rings. The molecule has 1 amide bonds. The van der Waals surface area contributed by atoms with Gasteiger partial charge in [0.1, 0.15) is 5.52 Å². The number of aromatic nitrogens is 2.